The largest absolute Gasteiger partial charge is 2.00 e. The molecule has 3 nitrogen and oxygen atoms in total. The summed E-state index contributed by atoms with van der Waals surface area (Å²) in [5.41, 5.74) is 3.92. The minimum Gasteiger partial charge on any atom is -0.530 e. The van der Waals surface area contributed by atoms with E-state index in [-0.39, 0.29) is 16.5 Å². The van der Waals surface area contributed by atoms with E-state index in [4.69, 9.17) is 9.90 Å². The Morgan fingerprint density at radius 2 is 1.64 bits per heavy atom. The van der Waals surface area contributed by atoms with Crippen LogP contribution in [0, 0.1) is 6.07 Å². The number of carbonyl (C=O) groups is 1. The van der Waals surface area contributed by atoms with Crippen molar-refractivity contribution in [2.24, 2.45) is 5.73 Å². The monoisotopic (exact) mass is 195 g/mol. The Bertz CT molecular complexity index is 148. The Kier molecular flexibility index (Phi) is 10.3. The summed E-state index contributed by atoms with van der Waals surface area (Å²) in [4.78, 5) is 8.67. The third-order valence-corrected chi connectivity index (χ3v) is 0.607. The van der Waals surface area contributed by atoms with E-state index in [0.717, 1.165) is 0 Å². The summed E-state index contributed by atoms with van der Waals surface area (Å²) >= 11 is 0. The van der Waals surface area contributed by atoms with E-state index in [9.17, 15) is 0 Å². The maximum absolute atomic E-state index is 8.67. The van der Waals surface area contributed by atoms with Crippen molar-refractivity contribution in [1.29, 1.82) is 0 Å². The SMILES string of the molecule is NC(=O)[O-].[Ni+2].[c-]1ccccc1. The van der Waals surface area contributed by atoms with Gasteiger partial charge < -0.3 is 15.6 Å². The number of rotatable bonds is 0. The van der Waals surface area contributed by atoms with Gasteiger partial charge in [-0.15, -0.1) is 0 Å². The van der Waals surface area contributed by atoms with Gasteiger partial charge in [-0.1, -0.05) is 0 Å². The molecule has 0 fully saturated rings. The average molecular weight is 196 g/mol. The fourth-order valence-electron chi connectivity index (χ4n) is 0.342. The number of hydrogen-bond acceptors (Lipinski definition) is 2. The summed E-state index contributed by atoms with van der Waals surface area (Å²) in [6, 6.07) is 12.5. The molecular formula is C7H7NNiO2. The minimum atomic E-state index is -1.58. The van der Waals surface area contributed by atoms with E-state index in [0.29, 0.717) is 0 Å². The van der Waals surface area contributed by atoms with Crippen LogP contribution in [0.1, 0.15) is 0 Å². The third-order valence-electron chi connectivity index (χ3n) is 0.607. The molecule has 62 valence electrons. The molecule has 0 aliphatic rings. The topological polar surface area (TPSA) is 66.2 Å². The van der Waals surface area contributed by atoms with Crippen LogP contribution in [0.5, 0.6) is 0 Å². The summed E-state index contributed by atoms with van der Waals surface area (Å²) in [6.07, 6.45) is -1.58. The van der Waals surface area contributed by atoms with E-state index >= 15 is 0 Å². The number of primary amides is 1. The van der Waals surface area contributed by atoms with Gasteiger partial charge in [0.2, 0.25) is 0 Å². The smallest absolute Gasteiger partial charge is 0.530 e. The van der Waals surface area contributed by atoms with E-state index in [1.54, 1.807) is 0 Å². The van der Waals surface area contributed by atoms with Gasteiger partial charge >= 0.3 is 16.5 Å². The fourth-order valence-corrected chi connectivity index (χ4v) is 0.342. The molecule has 0 saturated heterocycles. The van der Waals surface area contributed by atoms with Crippen molar-refractivity contribution >= 4 is 6.09 Å². The van der Waals surface area contributed by atoms with Crippen LogP contribution in [0.3, 0.4) is 0 Å². The minimum absolute atomic E-state index is 0. The second-order valence-corrected chi connectivity index (χ2v) is 1.40. The van der Waals surface area contributed by atoms with E-state index < -0.39 is 6.09 Å². The predicted molar refractivity (Wildman–Crippen MR) is 34.9 cm³/mol. The van der Waals surface area contributed by atoms with Crippen LogP contribution in [0.4, 0.5) is 4.79 Å². The molecule has 0 spiro atoms. The number of amides is 1. The van der Waals surface area contributed by atoms with Crippen LogP contribution in [0.2, 0.25) is 0 Å². The van der Waals surface area contributed by atoms with Crippen LogP contribution in [0.25, 0.3) is 0 Å². The van der Waals surface area contributed by atoms with Crippen molar-refractivity contribution < 1.29 is 26.4 Å². The van der Waals surface area contributed by atoms with E-state index in [1.807, 2.05) is 30.3 Å². The number of carboxylic acid groups (broad SMARTS) is 1. The zero-order valence-corrected chi connectivity index (χ0v) is 6.58. The predicted octanol–water partition coefficient (Wildman–Crippen LogP) is -0.227. The van der Waals surface area contributed by atoms with Crippen LogP contribution in [0.15, 0.2) is 30.3 Å². The quantitative estimate of drug-likeness (QED) is 0.460. The molecule has 0 aromatic heterocycles. The molecule has 0 heterocycles. The van der Waals surface area contributed by atoms with Gasteiger partial charge in [-0.05, 0) is 0 Å². The Hall–Kier alpha value is -1.02. The molecule has 1 aromatic carbocycles. The Labute approximate surface area is 75.1 Å². The van der Waals surface area contributed by atoms with Gasteiger partial charge in [-0.25, -0.2) is 0 Å². The number of nitrogens with two attached hydrogens (primary N) is 1. The average Bonchev–Trinajstić information content (AvgIpc) is 1.90. The van der Waals surface area contributed by atoms with Crippen molar-refractivity contribution in [2.75, 3.05) is 0 Å². The maximum Gasteiger partial charge on any atom is 2.00 e. The first-order valence-corrected chi connectivity index (χ1v) is 2.61. The first-order valence-electron chi connectivity index (χ1n) is 2.61. The molecule has 1 rings (SSSR count). The van der Waals surface area contributed by atoms with E-state index in [1.165, 1.54) is 0 Å². The zero-order chi connectivity index (χ0) is 7.82. The van der Waals surface area contributed by atoms with Crippen molar-refractivity contribution in [3.63, 3.8) is 0 Å². The zero-order valence-electron chi connectivity index (χ0n) is 5.60. The Morgan fingerprint density at radius 3 is 1.73 bits per heavy atom. The van der Waals surface area contributed by atoms with Crippen molar-refractivity contribution in [3.05, 3.63) is 36.4 Å². The summed E-state index contributed by atoms with van der Waals surface area (Å²) in [5, 5.41) is 8.67. The third kappa shape index (κ3) is 17.6. The van der Waals surface area contributed by atoms with Gasteiger partial charge in [0.1, 0.15) is 6.09 Å². The first-order chi connectivity index (χ1) is 4.73. The molecule has 11 heavy (non-hydrogen) atoms. The first kappa shape index (κ1) is 12.6. The van der Waals surface area contributed by atoms with E-state index in [2.05, 4.69) is 11.8 Å². The van der Waals surface area contributed by atoms with Gasteiger partial charge in [0.05, 0.1) is 0 Å². The van der Waals surface area contributed by atoms with Crippen LogP contribution >= 0.6 is 0 Å². The molecule has 0 aliphatic heterocycles. The van der Waals surface area contributed by atoms with Gasteiger partial charge in [-0.3, -0.25) is 0 Å². The van der Waals surface area contributed by atoms with Gasteiger partial charge in [-0.2, -0.15) is 36.4 Å². The summed E-state index contributed by atoms with van der Waals surface area (Å²) in [6.45, 7) is 0. The van der Waals surface area contributed by atoms with Gasteiger partial charge in [0.25, 0.3) is 0 Å². The van der Waals surface area contributed by atoms with Gasteiger partial charge in [0.15, 0.2) is 0 Å². The van der Waals surface area contributed by atoms with Crippen LogP contribution < -0.4 is 10.8 Å². The molecule has 0 unspecified atom stereocenters. The fraction of sp³-hybridized carbons (Fsp3) is 0. The number of hydrogen-bond donors (Lipinski definition) is 1. The van der Waals surface area contributed by atoms with Crippen molar-refractivity contribution in [2.45, 2.75) is 0 Å². The molecular weight excluding hydrogens is 189 g/mol. The van der Waals surface area contributed by atoms with Crippen LogP contribution in [-0.2, 0) is 16.5 Å². The second-order valence-electron chi connectivity index (χ2n) is 1.40. The molecule has 4 heteroatoms. The molecule has 0 bridgehead atoms. The number of carbonyl (C=O) groups excluding carboxylic acids is 1. The second kappa shape index (κ2) is 8.98. The van der Waals surface area contributed by atoms with Crippen LogP contribution in [-0.4, -0.2) is 6.09 Å². The summed E-state index contributed by atoms with van der Waals surface area (Å²) in [5.74, 6) is 0. The molecule has 0 radical (unpaired) electrons. The molecule has 2 N–H and O–H groups in total. The molecule has 1 aromatic rings. The molecule has 0 aliphatic carbocycles. The standard InChI is InChI=1S/C6H5.CH3NO2.Ni/c1-2-4-6-5-3-1;2-1(3)4;/h1-5H;2H2,(H,3,4);/q-1;;+2/p-1. The van der Waals surface area contributed by atoms with Gasteiger partial charge in [0, 0.05) is 0 Å². The summed E-state index contributed by atoms with van der Waals surface area (Å²) < 4.78 is 0. The van der Waals surface area contributed by atoms with Crippen molar-refractivity contribution in [1.82, 2.24) is 0 Å². The molecule has 1 amide bonds. The summed E-state index contributed by atoms with van der Waals surface area (Å²) in [7, 11) is 0. The Balaban J connectivity index is 0. The normalized spacial score (nSPS) is 6.55. The molecule has 0 saturated carbocycles. The Morgan fingerprint density at radius 1 is 1.27 bits per heavy atom. The number of benzene rings is 1. The molecule has 0 atom stereocenters. The van der Waals surface area contributed by atoms with Crippen molar-refractivity contribution in [3.8, 4) is 0 Å². The maximum atomic E-state index is 8.67.